The minimum Gasteiger partial charge on any atom is -0.468 e. The van der Waals surface area contributed by atoms with Crippen molar-refractivity contribution in [1.82, 2.24) is 24.5 Å². The topological polar surface area (TPSA) is 208 Å². The van der Waals surface area contributed by atoms with Crippen LogP contribution in [0, 0.1) is 16.0 Å². The second kappa shape index (κ2) is 20.1. The van der Waals surface area contributed by atoms with Gasteiger partial charge in [-0.25, -0.2) is 13.1 Å². The minimum atomic E-state index is -4.62. The molecule has 0 bridgehead atoms. The van der Waals surface area contributed by atoms with Crippen LogP contribution in [-0.2, 0) is 19.5 Å². The Morgan fingerprint density at radius 3 is 2.49 bits per heavy atom. The number of aromatic amines is 1. The van der Waals surface area contributed by atoms with Gasteiger partial charge in [0.2, 0.25) is 5.88 Å². The molecule has 73 heavy (non-hydrogen) atoms. The summed E-state index contributed by atoms with van der Waals surface area (Å²) in [6, 6.07) is 22.8. The number of nitro groups is 1. The van der Waals surface area contributed by atoms with Crippen molar-refractivity contribution < 1.29 is 37.5 Å². The molecule has 19 heteroatoms. The first-order valence-corrected chi connectivity index (χ1v) is 27.6. The first-order valence-electron chi connectivity index (χ1n) is 26.1. The van der Waals surface area contributed by atoms with E-state index in [1.807, 2.05) is 31.2 Å². The molecular weight excluding hydrogens is 951 g/mol. The normalized spacial score (nSPS) is 26.9. The summed E-state index contributed by atoms with van der Waals surface area (Å²) in [5, 5.41) is 26.7. The molecule has 0 radical (unpaired) electrons. The van der Waals surface area contributed by atoms with Crippen LogP contribution < -0.4 is 24.6 Å². The predicted molar refractivity (Wildman–Crippen MR) is 279 cm³/mol. The number of amides is 1. The second-order valence-corrected chi connectivity index (χ2v) is 23.2. The van der Waals surface area contributed by atoms with Gasteiger partial charge >= 0.3 is 0 Å². The van der Waals surface area contributed by atoms with Crippen molar-refractivity contribution in [3.8, 4) is 5.88 Å². The van der Waals surface area contributed by atoms with Gasteiger partial charge in [-0.05, 0) is 117 Å². The lowest BCUT2D eigenvalue weighted by molar-refractivity contribution is -0.384. The van der Waals surface area contributed by atoms with Crippen LogP contribution in [0.4, 0.5) is 28.4 Å². The maximum absolute atomic E-state index is 14.7. The van der Waals surface area contributed by atoms with E-state index < -0.39 is 43.1 Å². The van der Waals surface area contributed by atoms with Gasteiger partial charge in [0.15, 0.2) is 0 Å². The number of hydrogen-bond acceptors (Lipinski definition) is 15. The number of piperazine rings is 1. The zero-order valence-corrected chi connectivity index (χ0v) is 42.7. The summed E-state index contributed by atoms with van der Waals surface area (Å²) in [5.74, 6) is 0.112. The molecule has 4 aliphatic heterocycles. The highest BCUT2D eigenvalue weighted by Crippen LogP contribution is 2.46. The van der Waals surface area contributed by atoms with Crippen LogP contribution in [0.2, 0.25) is 0 Å². The molecule has 3 aromatic carbocycles. The Morgan fingerprint density at radius 2 is 1.71 bits per heavy atom. The van der Waals surface area contributed by atoms with Crippen LogP contribution in [0.5, 0.6) is 5.88 Å². The van der Waals surface area contributed by atoms with Crippen molar-refractivity contribution in [1.29, 1.82) is 0 Å². The van der Waals surface area contributed by atoms with Crippen LogP contribution in [-0.4, -0.2) is 140 Å². The summed E-state index contributed by atoms with van der Waals surface area (Å²) >= 11 is 0. The Hall–Kier alpha value is -5.83. The van der Waals surface area contributed by atoms with E-state index in [9.17, 15) is 28.4 Å². The molecule has 0 unspecified atom stereocenters. The third-order valence-corrected chi connectivity index (χ3v) is 17.8. The lowest BCUT2D eigenvalue weighted by Gasteiger charge is -2.52. The van der Waals surface area contributed by atoms with E-state index in [0.29, 0.717) is 86.5 Å². The van der Waals surface area contributed by atoms with Gasteiger partial charge in [-0.2, -0.15) is 4.98 Å². The number of nitro benzene ring substituents is 1. The van der Waals surface area contributed by atoms with Crippen molar-refractivity contribution >= 4 is 55.4 Å². The Morgan fingerprint density at radius 1 is 0.932 bits per heavy atom. The molecule has 2 aromatic heterocycles. The third kappa shape index (κ3) is 9.99. The molecule has 3 saturated heterocycles. The summed E-state index contributed by atoms with van der Waals surface area (Å²) in [7, 11) is -4.62. The number of sulfonamides is 1. The number of nitrogens with zero attached hydrogens (tertiary/aromatic N) is 6. The van der Waals surface area contributed by atoms with Gasteiger partial charge < -0.3 is 39.4 Å². The van der Waals surface area contributed by atoms with Gasteiger partial charge in [-0.1, -0.05) is 38.1 Å². The molecule has 18 nitrogen and oxygen atoms in total. The largest absolute Gasteiger partial charge is 0.468 e. The average Bonchev–Trinajstić information content (AvgIpc) is 3.84. The molecule has 0 spiro atoms. The average molecular weight is 1020 g/mol. The number of H-pyrrole nitrogens is 1. The standard InChI is InChI=1S/C54H67N9O9S/c1-34(2)41-6-4-5-7-42(41)49-32-71-25-23-61(49)39-27-38(28-39)60-21-19-59(20-22-60)37-8-10-43(46(29-37)62-45-15-24-70-33-50(45)72-53-48(62)26-36-14-18-55-51(36)57-53)52(64)58-73(68,69)40-9-11-44(47(30-40)63(66)67)56-31-35-12-16-54(3,65)17-13-35/h4-11,14,18,26,29-30,34-35,38-39,45,49-50,56,65H,12-13,15-17,19-25,27-28,31-33H2,1-3H3,(H,55,57)(H,58,64)/t35?,38?,39?,45-,49-,50-,54?/m0/s1. The van der Waals surface area contributed by atoms with E-state index in [4.69, 9.17) is 19.2 Å². The number of anilines is 4. The molecule has 5 fully saturated rings. The summed E-state index contributed by atoms with van der Waals surface area (Å²) in [6.07, 6.45) is 6.96. The number of aliphatic hydroxyl groups is 1. The second-order valence-electron chi connectivity index (χ2n) is 21.5. The van der Waals surface area contributed by atoms with Gasteiger partial charge in [0.25, 0.3) is 21.6 Å². The van der Waals surface area contributed by atoms with Crippen LogP contribution >= 0.6 is 0 Å². The molecule has 1 amide bonds. The molecule has 2 aliphatic carbocycles. The zero-order valence-electron chi connectivity index (χ0n) is 41.9. The first-order chi connectivity index (χ1) is 35.2. The van der Waals surface area contributed by atoms with Crippen LogP contribution in [0.25, 0.3) is 11.0 Å². The molecule has 6 aliphatic rings. The number of morpholine rings is 1. The van der Waals surface area contributed by atoms with Crippen molar-refractivity contribution in [2.45, 2.75) is 112 Å². The number of benzene rings is 3. The fourth-order valence-corrected chi connectivity index (χ4v) is 13.2. The molecule has 3 atom stereocenters. The van der Waals surface area contributed by atoms with E-state index in [-0.39, 0.29) is 29.3 Å². The molecule has 6 heterocycles. The monoisotopic (exact) mass is 1020 g/mol. The smallest absolute Gasteiger partial charge is 0.293 e. The quantitative estimate of drug-likeness (QED) is 0.0666. The van der Waals surface area contributed by atoms with Crippen molar-refractivity contribution in [2.75, 3.05) is 80.8 Å². The molecule has 388 valence electrons. The lowest BCUT2D eigenvalue weighted by Crippen LogP contribution is -2.60. The summed E-state index contributed by atoms with van der Waals surface area (Å²) in [4.78, 5) is 43.7. The van der Waals surface area contributed by atoms with Gasteiger partial charge in [-0.3, -0.25) is 24.7 Å². The lowest BCUT2D eigenvalue weighted by atomic mass is 9.80. The van der Waals surface area contributed by atoms with Crippen molar-refractivity contribution in [2.24, 2.45) is 5.92 Å². The Kier molecular flexibility index (Phi) is 13.6. The number of nitrogens with one attached hydrogen (secondary N) is 3. The summed E-state index contributed by atoms with van der Waals surface area (Å²) < 4.78 is 49.1. The molecular formula is C54H67N9O9S. The zero-order chi connectivity index (χ0) is 50.6. The maximum Gasteiger partial charge on any atom is 0.293 e. The van der Waals surface area contributed by atoms with E-state index in [2.05, 4.69) is 72.7 Å². The van der Waals surface area contributed by atoms with Gasteiger partial charge in [0.05, 0.1) is 58.6 Å². The Bertz CT molecular complexity index is 2960. The highest BCUT2D eigenvalue weighted by Gasteiger charge is 2.44. The molecule has 11 rings (SSSR count). The number of rotatable bonds is 13. The number of fused-ring (bicyclic) bond motifs is 3. The first kappa shape index (κ1) is 49.4. The molecule has 5 aromatic rings. The SMILES string of the molecule is CC(C)c1ccccc1[C@@H]1COCCN1C1CC(N2CCN(c3ccc(C(=O)NS(=O)(=O)c4ccc(NCC5CCC(C)(O)CC5)c([N+](=O)[O-])c4)c(N4c5cc6cc[nH]c6nc5O[C@H]5COCC[C@@H]54)c3)CC2)C1. The number of carbonyl (C=O) groups excluding carboxylic acids is 1. The Balaban J connectivity index is 0.843. The number of pyridine rings is 1. The summed E-state index contributed by atoms with van der Waals surface area (Å²) in [5.41, 5.74) is 4.58. The maximum atomic E-state index is 14.7. The van der Waals surface area contributed by atoms with E-state index >= 15 is 0 Å². The minimum absolute atomic E-state index is 0.107. The number of ether oxygens (including phenoxy) is 3. The van der Waals surface area contributed by atoms with Crippen LogP contribution in [0.1, 0.15) is 99.2 Å². The van der Waals surface area contributed by atoms with Crippen molar-refractivity contribution in [3.05, 3.63) is 106 Å². The fraction of sp³-hybridized carbons (Fsp3) is 0.519. The number of carbonyl (C=O) groups is 1. The van der Waals surface area contributed by atoms with Gasteiger partial charge in [-0.15, -0.1) is 0 Å². The van der Waals surface area contributed by atoms with Crippen LogP contribution in [0.15, 0.2) is 83.9 Å². The highest BCUT2D eigenvalue weighted by atomic mass is 32.2. The van der Waals surface area contributed by atoms with Crippen molar-refractivity contribution in [3.63, 3.8) is 0 Å². The van der Waals surface area contributed by atoms with Gasteiger partial charge in [0, 0.05) is 81.3 Å². The van der Waals surface area contributed by atoms with E-state index in [1.54, 1.807) is 12.3 Å². The third-order valence-electron chi connectivity index (χ3n) is 16.5. The van der Waals surface area contributed by atoms with E-state index in [0.717, 1.165) is 82.2 Å². The summed E-state index contributed by atoms with van der Waals surface area (Å²) in [6.45, 7) is 13.2. The highest BCUT2D eigenvalue weighted by molar-refractivity contribution is 7.90. The number of hydrogen-bond donors (Lipinski definition) is 4. The Labute approximate surface area is 426 Å². The van der Waals surface area contributed by atoms with Gasteiger partial charge in [0.1, 0.15) is 23.1 Å². The number of aromatic nitrogens is 2. The van der Waals surface area contributed by atoms with E-state index in [1.165, 1.54) is 23.3 Å². The molecule has 4 N–H and O–H groups in total. The van der Waals surface area contributed by atoms with Crippen LogP contribution in [0.3, 0.4) is 0 Å². The fourth-order valence-electron chi connectivity index (χ4n) is 12.2. The molecule has 2 saturated carbocycles. The predicted octanol–water partition coefficient (Wildman–Crippen LogP) is 7.48.